The van der Waals surface area contributed by atoms with Crippen molar-refractivity contribution in [1.29, 1.82) is 5.26 Å². The summed E-state index contributed by atoms with van der Waals surface area (Å²) in [5.74, 6) is -0.221. The fourth-order valence-corrected chi connectivity index (χ4v) is 9.05. The van der Waals surface area contributed by atoms with E-state index in [-0.39, 0.29) is 47.8 Å². The number of hydrogen-bond donors (Lipinski definition) is 2. The van der Waals surface area contributed by atoms with E-state index in [9.17, 15) is 24.0 Å². The second-order valence-electron chi connectivity index (χ2n) is 15.8. The molecule has 59 heavy (non-hydrogen) atoms. The maximum atomic E-state index is 13.5. The van der Waals surface area contributed by atoms with Gasteiger partial charge in [-0.3, -0.25) is 39.1 Å². The van der Waals surface area contributed by atoms with Crippen molar-refractivity contribution in [2.45, 2.75) is 69.6 Å². The Hall–Kier alpha value is -5.79. The molecule has 1 unspecified atom stereocenters. The van der Waals surface area contributed by atoms with Crippen molar-refractivity contribution in [3.05, 3.63) is 69.9 Å². The van der Waals surface area contributed by atoms with Gasteiger partial charge in [-0.25, -0.2) is 0 Å². The van der Waals surface area contributed by atoms with Gasteiger partial charge in [-0.15, -0.1) is 10.2 Å². The average Bonchev–Trinajstić information content (AvgIpc) is 3.50. The molecule has 1 saturated carbocycles. The molecule has 8 rings (SSSR count). The maximum Gasteiger partial charge on any atom is 0.272 e. The molecule has 308 valence electrons. The number of nitrogens with one attached hydrogen (secondary N) is 2. The number of rotatable bonds is 10. The molecule has 1 aromatic heterocycles. The molecule has 3 saturated heterocycles. The molecule has 17 heteroatoms. The van der Waals surface area contributed by atoms with E-state index in [0.717, 1.165) is 101 Å². The lowest BCUT2D eigenvalue weighted by Gasteiger charge is -2.40. The first-order chi connectivity index (χ1) is 28.6. The molecule has 3 aromatic rings. The first-order valence-electron chi connectivity index (χ1n) is 20.2. The summed E-state index contributed by atoms with van der Waals surface area (Å²) >= 11 is 6.15. The Bertz CT molecular complexity index is 2170. The molecule has 0 bridgehead atoms. The monoisotopic (exact) mass is 823 g/mol. The number of nitriles is 1. The van der Waals surface area contributed by atoms with Gasteiger partial charge in [-0.05, 0) is 81.2 Å². The zero-order valence-corrected chi connectivity index (χ0v) is 33.6. The summed E-state index contributed by atoms with van der Waals surface area (Å²) < 4.78 is 11.7. The highest BCUT2D eigenvalue weighted by molar-refractivity contribution is 6.31. The highest BCUT2D eigenvalue weighted by Crippen LogP contribution is 2.38. The molecule has 0 spiro atoms. The number of hydrogen-bond acceptors (Lipinski definition) is 13. The van der Waals surface area contributed by atoms with Gasteiger partial charge in [0.25, 0.3) is 17.7 Å². The molecule has 4 fully saturated rings. The van der Waals surface area contributed by atoms with Crippen molar-refractivity contribution in [2.24, 2.45) is 5.92 Å². The molecule has 2 aromatic carbocycles. The number of imide groups is 2. The van der Waals surface area contributed by atoms with E-state index in [4.69, 9.17) is 26.3 Å². The first-order valence-corrected chi connectivity index (χ1v) is 20.6. The third-order valence-electron chi connectivity index (χ3n) is 12.2. The Morgan fingerprint density at radius 1 is 0.898 bits per heavy atom. The van der Waals surface area contributed by atoms with Gasteiger partial charge in [0.05, 0.1) is 34.9 Å². The molecule has 5 heterocycles. The van der Waals surface area contributed by atoms with Crippen LogP contribution in [0.2, 0.25) is 5.02 Å². The number of nitrogens with zero attached hydrogens (tertiary/aromatic N) is 7. The molecule has 1 aliphatic carbocycles. The number of carbonyl (C=O) groups excluding carboxylic acids is 5. The summed E-state index contributed by atoms with van der Waals surface area (Å²) in [4.78, 5) is 72.0. The van der Waals surface area contributed by atoms with Crippen LogP contribution in [0.15, 0.2) is 42.5 Å². The predicted molar refractivity (Wildman–Crippen MR) is 216 cm³/mol. The normalized spacial score (nSPS) is 22.8. The fourth-order valence-electron chi connectivity index (χ4n) is 8.84. The molecule has 4 aliphatic heterocycles. The third-order valence-corrected chi connectivity index (χ3v) is 12.5. The highest BCUT2D eigenvalue weighted by Gasteiger charge is 2.46. The van der Waals surface area contributed by atoms with Crippen LogP contribution in [-0.4, -0.2) is 121 Å². The van der Waals surface area contributed by atoms with E-state index in [0.29, 0.717) is 27.9 Å². The summed E-state index contributed by atoms with van der Waals surface area (Å²) in [5.41, 5.74) is 1.84. The van der Waals surface area contributed by atoms with Crippen molar-refractivity contribution in [1.82, 2.24) is 30.6 Å². The summed E-state index contributed by atoms with van der Waals surface area (Å²) in [6, 6.07) is 13.2. The number of amides is 5. The lowest BCUT2D eigenvalue weighted by atomic mass is 9.93. The van der Waals surface area contributed by atoms with E-state index in [1.807, 2.05) is 6.07 Å². The standard InChI is InChI=1S/C42H46ClN9O7/c1-58-35-21-28(20-31-38(35)42(57)52(41(31)56)34-9-11-37(53)46-40(34)55)50-18-16-49(17-19-50)24-25-12-14-51(15-13-25)36-10-8-33(47-48-36)39(54)45-27-3-6-29(7-4-27)59-30-5-2-26(23-44)32(43)22-30/h2,5,8,10,20-22,25,27,29,34H,3-4,6-7,9,11-19,24H2,1H3,(H,45,54)(H,46,53,55). The average molecular weight is 824 g/mol. The Kier molecular flexibility index (Phi) is 11.7. The summed E-state index contributed by atoms with van der Waals surface area (Å²) in [5, 5.41) is 23.5. The first kappa shape index (κ1) is 40.0. The topological polar surface area (TPSA) is 190 Å². The minimum Gasteiger partial charge on any atom is -0.496 e. The van der Waals surface area contributed by atoms with Crippen LogP contribution in [0.1, 0.15) is 88.1 Å². The minimum absolute atomic E-state index is 0.0137. The number of anilines is 2. The highest BCUT2D eigenvalue weighted by atomic mass is 35.5. The van der Waals surface area contributed by atoms with E-state index >= 15 is 0 Å². The predicted octanol–water partition coefficient (Wildman–Crippen LogP) is 3.57. The van der Waals surface area contributed by atoms with Crippen molar-refractivity contribution in [2.75, 3.05) is 62.7 Å². The van der Waals surface area contributed by atoms with E-state index in [1.165, 1.54) is 7.11 Å². The van der Waals surface area contributed by atoms with Crippen LogP contribution in [-0.2, 0) is 9.59 Å². The van der Waals surface area contributed by atoms with E-state index < -0.39 is 29.7 Å². The van der Waals surface area contributed by atoms with Gasteiger partial charge in [-0.1, -0.05) is 11.6 Å². The summed E-state index contributed by atoms with van der Waals surface area (Å²) in [6.45, 7) is 5.83. The largest absolute Gasteiger partial charge is 0.496 e. The zero-order chi connectivity index (χ0) is 41.2. The molecule has 2 N–H and O–H groups in total. The van der Waals surface area contributed by atoms with Crippen molar-refractivity contribution < 1.29 is 33.4 Å². The number of halogens is 1. The van der Waals surface area contributed by atoms with Crippen molar-refractivity contribution in [3.63, 3.8) is 0 Å². The molecule has 1 atom stereocenters. The number of piperidine rings is 2. The quantitative estimate of drug-likeness (QED) is 0.283. The Labute approximate surface area is 346 Å². The van der Waals surface area contributed by atoms with Crippen molar-refractivity contribution in [3.8, 4) is 17.6 Å². The molecular weight excluding hydrogens is 778 g/mol. The SMILES string of the molecule is COc1cc(N2CCN(CC3CCN(c4ccc(C(=O)NC5CCC(Oc6ccc(C#N)c(Cl)c6)CC5)nn4)CC3)CC2)cc2c1C(=O)N(C1CCC(=O)NC1=O)C2=O. The Morgan fingerprint density at radius 2 is 1.66 bits per heavy atom. The molecular formula is C42H46ClN9O7. The van der Waals surface area contributed by atoms with Gasteiger partial charge >= 0.3 is 0 Å². The molecule has 5 aliphatic rings. The van der Waals surface area contributed by atoms with Gasteiger partial charge in [0, 0.05) is 76.1 Å². The molecule has 0 radical (unpaired) electrons. The van der Waals surface area contributed by atoms with Crippen LogP contribution in [0.4, 0.5) is 11.5 Å². The number of ether oxygens (including phenoxy) is 2. The Balaban J connectivity index is 0.772. The minimum atomic E-state index is -1.04. The number of benzene rings is 2. The molecule has 5 amide bonds. The fraction of sp³-hybridized carbons (Fsp3) is 0.476. The van der Waals surface area contributed by atoms with Crippen LogP contribution < -0.4 is 29.9 Å². The van der Waals surface area contributed by atoms with Gasteiger partial charge in [0.15, 0.2) is 11.5 Å². The summed E-state index contributed by atoms with van der Waals surface area (Å²) in [6.07, 6.45) is 5.31. The second kappa shape index (κ2) is 17.2. The zero-order valence-electron chi connectivity index (χ0n) is 32.8. The van der Waals surface area contributed by atoms with Gasteiger partial charge in [-0.2, -0.15) is 5.26 Å². The smallest absolute Gasteiger partial charge is 0.272 e. The number of aromatic nitrogens is 2. The van der Waals surface area contributed by atoms with Gasteiger partial charge < -0.3 is 24.6 Å². The van der Waals surface area contributed by atoms with Crippen LogP contribution >= 0.6 is 11.6 Å². The second-order valence-corrected chi connectivity index (χ2v) is 16.2. The number of methoxy groups -OCH3 is 1. The lowest BCUT2D eigenvalue weighted by molar-refractivity contribution is -0.136. The van der Waals surface area contributed by atoms with Crippen LogP contribution in [0.3, 0.4) is 0 Å². The van der Waals surface area contributed by atoms with Crippen LogP contribution in [0, 0.1) is 17.2 Å². The number of fused-ring (bicyclic) bond motifs is 1. The maximum absolute atomic E-state index is 13.5. The van der Waals surface area contributed by atoms with E-state index in [2.05, 4.69) is 41.6 Å². The Morgan fingerprint density at radius 3 is 2.32 bits per heavy atom. The van der Waals surface area contributed by atoms with Crippen molar-refractivity contribution >= 4 is 52.6 Å². The summed E-state index contributed by atoms with van der Waals surface area (Å²) in [7, 11) is 1.46. The lowest BCUT2D eigenvalue weighted by Crippen LogP contribution is -2.54. The third kappa shape index (κ3) is 8.53. The van der Waals surface area contributed by atoms with Crippen LogP contribution in [0.25, 0.3) is 0 Å². The number of piperazine rings is 1. The van der Waals surface area contributed by atoms with E-state index in [1.54, 1.807) is 36.4 Å². The van der Waals surface area contributed by atoms with Crippen LogP contribution in [0.5, 0.6) is 11.5 Å². The number of carbonyl (C=O) groups is 5. The van der Waals surface area contributed by atoms with Gasteiger partial charge in [0.1, 0.15) is 23.6 Å². The molecule has 16 nitrogen and oxygen atoms in total. The van der Waals surface area contributed by atoms with Gasteiger partial charge in [0.2, 0.25) is 11.8 Å².